The summed E-state index contributed by atoms with van der Waals surface area (Å²) in [5.41, 5.74) is 1.03. The average molecular weight is 398 g/mol. The molecule has 29 heavy (non-hydrogen) atoms. The molecule has 1 amide bonds. The first-order valence-corrected chi connectivity index (χ1v) is 9.44. The molecule has 1 aromatic heterocycles. The van der Waals surface area contributed by atoms with Gasteiger partial charge >= 0.3 is 0 Å². The summed E-state index contributed by atoms with van der Waals surface area (Å²) in [4.78, 5) is 19.0. The summed E-state index contributed by atoms with van der Waals surface area (Å²) in [6.45, 7) is 1.90. The van der Waals surface area contributed by atoms with Crippen molar-refractivity contribution in [2.24, 2.45) is 5.92 Å². The molecule has 1 aliphatic rings. The number of carbonyl (C=O) groups excluding carboxylic acids is 1. The van der Waals surface area contributed by atoms with E-state index in [1.165, 1.54) is 0 Å². The van der Waals surface area contributed by atoms with E-state index in [2.05, 4.69) is 20.4 Å². The molecule has 1 saturated heterocycles. The summed E-state index contributed by atoms with van der Waals surface area (Å²) in [5, 5.41) is 6.62. The number of aromatic nitrogens is 2. The lowest BCUT2D eigenvalue weighted by Crippen LogP contribution is -2.37. The van der Waals surface area contributed by atoms with Crippen LogP contribution in [0.3, 0.4) is 0 Å². The number of piperidine rings is 1. The van der Waals surface area contributed by atoms with Gasteiger partial charge in [-0.05, 0) is 38.1 Å². The van der Waals surface area contributed by atoms with Crippen molar-refractivity contribution in [2.75, 3.05) is 18.4 Å². The maximum atomic E-state index is 13.3. The van der Waals surface area contributed by atoms with Crippen molar-refractivity contribution in [1.82, 2.24) is 15.0 Å². The predicted octanol–water partition coefficient (Wildman–Crippen LogP) is 3.87. The first-order chi connectivity index (χ1) is 14.1. The number of amides is 1. The second-order valence-electron chi connectivity index (χ2n) is 7.08. The lowest BCUT2D eigenvalue weighted by Gasteiger charge is -2.30. The van der Waals surface area contributed by atoms with E-state index in [1.807, 2.05) is 30.3 Å². The summed E-state index contributed by atoms with van der Waals surface area (Å²) < 4.78 is 31.9. The van der Waals surface area contributed by atoms with Gasteiger partial charge in [0.25, 0.3) is 0 Å². The summed E-state index contributed by atoms with van der Waals surface area (Å²) in [6, 6.07) is 12.6. The van der Waals surface area contributed by atoms with Gasteiger partial charge in [-0.25, -0.2) is 8.78 Å². The van der Waals surface area contributed by atoms with E-state index in [-0.39, 0.29) is 17.5 Å². The summed E-state index contributed by atoms with van der Waals surface area (Å²) >= 11 is 0. The van der Waals surface area contributed by atoms with Gasteiger partial charge in [0.1, 0.15) is 11.6 Å². The minimum absolute atomic E-state index is 0.134. The van der Waals surface area contributed by atoms with Crippen molar-refractivity contribution < 1.29 is 18.1 Å². The van der Waals surface area contributed by atoms with E-state index < -0.39 is 11.6 Å². The highest BCUT2D eigenvalue weighted by Crippen LogP contribution is 2.22. The molecule has 1 aliphatic heterocycles. The zero-order valence-electron chi connectivity index (χ0n) is 15.6. The van der Waals surface area contributed by atoms with Crippen molar-refractivity contribution in [3.8, 4) is 11.4 Å². The van der Waals surface area contributed by atoms with Gasteiger partial charge in [0, 0.05) is 23.2 Å². The zero-order valence-corrected chi connectivity index (χ0v) is 15.6. The molecule has 0 unspecified atom stereocenters. The van der Waals surface area contributed by atoms with Crippen LogP contribution in [0, 0.1) is 17.6 Å². The number of nitrogens with one attached hydrogen (secondary N) is 1. The van der Waals surface area contributed by atoms with Crippen LogP contribution in [0.5, 0.6) is 0 Å². The maximum Gasteiger partial charge on any atom is 0.241 e. The topological polar surface area (TPSA) is 71.3 Å². The molecule has 0 saturated carbocycles. The monoisotopic (exact) mass is 398 g/mol. The second kappa shape index (κ2) is 8.48. The Labute approximate surface area is 166 Å². The Morgan fingerprint density at radius 3 is 2.48 bits per heavy atom. The van der Waals surface area contributed by atoms with Gasteiger partial charge in [0.05, 0.1) is 6.54 Å². The van der Waals surface area contributed by atoms with Crippen LogP contribution in [-0.4, -0.2) is 34.0 Å². The molecular weight excluding hydrogens is 378 g/mol. The minimum Gasteiger partial charge on any atom is -0.338 e. The van der Waals surface area contributed by atoms with Crippen LogP contribution in [-0.2, 0) is 11.3 Å². The lowest BCUT2D eigenvalue weighted by molar-refractivity contribution is -0.121. The van der Waals surface area contributed by atoms with Gasteiger partial charge in [-0.2, -0.15) is 4.98 Å². The Bertz CT molecular complexity index is 965. The Hall–Kier alpha value is -3.13. The van der Waals surface area contributed by atoms with Crippen molar-refractivity contribution >= 4 is 11.6 Å². The average Bonchev–Trinajstić information content (AvgIpc) is 3.17. The standard InChI is InChI=1S/C21H20F2N4O2/c22-16-10-17(23)12-18(11-16)24-21(28)15-6-8-27(9-7-15)13-19-25-20(26-29-19)14-4-2-1-3-5-14/h1-5,10-12,15H,6-9,13H2,(H,24,28). The lowest BCUT2D eigenvalue weighted by atomic mass is 9.96. The van der Waals surface area contributed by atoms with Crippen LogP contribution in [0.4, 0.5) is 14.5 Å². The second-order valence-corrected chi connectivity index (χ2v) is 7.08. The SMILES string of the molecule is O=C(Nc1cc(F)cc(F)c1)C1CCN(Cc2nc(-c3ccccc3)no2)CC1. The van der Waals surface area contributed by atoms with Gasteiger partial charge in [-0.1, -0.05) is 35.5 Å². The molecule has 0 radical (unpaired) electrons. The molecule has 0 spiro atoms. The van der Waals surface area contributed by atoms with E-state index in [0.29, 0.717) is 44.2 Å². The number of rotatable bonds is 5. The normalized spacial score (nSPS) is 15.4. The number of nitrogens with zero attached hydrogens (tertiary/aromatic N) is 3. The van der Waals surface area contributed by atoms with E-state index >= 15 is 0 Å². The number of likely N-dealkylation sites (tertiary alicyclic amines) is 1. The highest BCUT2D eigenvalue weighted by molar-refractivity contribution is 5.92. The first-order valence-electron chi connectivity index (χ1n) is 9.44. The third-order valence-corrected chi connectivity index (χ3v) is 4.95. The maximum absolute atomic E-state index is 13.3. The van der Waals surface area contributed by atoms with Gasteiger partial charge in [-0.3, -0.25) is 9.69 Å². The fourth-order valence-corrected chi connectivity index (χ4v) is 3.44. The van der Waals surface area contributed by atoms with Gasteiger partial charge in [0.2, 0.25) is 17.6 Å². The van der Waals surface area contributed by atoms with Crippen molar-refractivity contribution in [1.29, 1.82) is 0 Å². The number of anilines is 1. The highest BCUT2D eigenvalue weighted by Gasteiger charge is 2.26. The summed E-state index contributed by atoms with van der Waals surface area (Å²) in [7, 11) is 0. The van der Waals surface area contributed by atoms with Crippen LogP contribution < -0.4 is 5.32 Å². The number of benzene rings is 2. The molecule has 6 nitrogen and oxygen atoms in total. The molecule has 0 atom stereocenters. The first kappa shape index (κ1) is 19.2. The molecule has 8 heteroatoms. The largest absolute Gasteiger partial charge is 0.338 e. The smallest absolute Gasteiger partial charge is 0.241 e. The van der Waals surface area contributed by atoms with E-state index in [9.17, 15) is 13.6 Å². The Morgan fingerprint density at radius 2 is 1.79 bits per heavy atom. The fourth-order valence-electron chi connectivity index (χ4n) is 3.44. The summed E-state index contributed by atoms with van der Waals surface area (Å²) in [6.07, 6.45) is 1.28. The number of hydrogen-bond donors (Lipinski definition) is 1. The van der Waals surface area contributed by atoms with Gasteiger partial charge < -0.3 is 9.84 Å². The van der Waals surface area contributed by atoms with E-state index in [4.69, 9.17) is 4.52 Å². The van der Waals surface area contributed by atoms with E-state index in [0.717, 1.165) is 23.8 Å². The van der Waals surface area contributed by atoms with Crippen LogP contribution >= 0.6 is 0 Å². The minimum atomic E-state index is -0.718. The molecule has 2 aromatic carbocycles. The predicted molar refractivity (Wildman–Crippen MR) is 103 cm³/mol. The van der Waals surface area contributed by atoms with Gasteiger partial charge in [-0.15, -0.1) is 0 Å². The molecule has 2 heterocycles. The van der Waals surface area contributed by atoms with Crippen molar-refractivity contribution in [3.05, 3.63) is 66.1 Å². The molecule has 3 aromatic rings. The van der Waals surface area contributed by atoms with Crippen LogP contribution in [0.25, 0.3) is 11.4 Å². The zero-order chi connectivity index (χ0) is 20.2. The quantitative estimate of drug-likeness (QED) is 0.707. The van der Waals surface area contributed by atoms with Crippen LogP contribution in [0.1, 0.15) is 18.7 Å². The third kappa shape index (κ3) is 4.83. The third-order valence-electron chi connectivity index (χ3n) is 4.95. The van der Waals surface area contributed by atoms with Crippen molar-refractivity contribution in [3.63, 3.8) is 0 Å². The van der Waals surface area contributed by atoms with E-state index in [1.54, 1.807) is 0 Å². The van der Waals surface area contributed by atoms with Crippen LogP contribution in [0.15, 0.2) is 53.1 Å². The molecular formula is C21H20F2N4O2. The van der Waals surface area contributed by atoms with Gasteiger partial charge in [0.15, 0.2) is 0 Å². The highest BCUT2D eigenvalue weighted by atomic mass is 19.1. The number of carbonyl (C=O) groups is 1. The molecule has 1 fully saturated rings. The molecule has 4 rings (SSSR count). The number of halogens is 2. The Morgan fingerprint density at radius 1 is 1.10 bits per heavy atom. The van der Waals surface area contributed by atoms with Crippen LogP contribution in [0.2, 0.25) is 0 Å². The Kier molecular flexibility index (Phi) is 5.62. The number of hydrogen-bond acceptors (Lipinski definition) is 5. The molecule has 1 N–H and O–H groups in total. The summed E-state index contributed by atoms with van der Waals surface area (Å²) in [5.74, 6) is -0.785. The molecule has 150 valence electrons. The molecule has 0 bridgehead atoms. The fraction of sp³-hybridized carbons (Fsp3) is 0.286. The molecule has 0 aliphatic carbocycles. The van der Waals surface area contributed by atoms with Crippen molar-refractivity contribution in [2.45, 2.75) is 19.4 Å². The Balaban J connectivity index is 1.29.